The maximum Gasteiger partial charge on any atom is 0.316 e. The summed E-state index contributed by atoms with van der Waals surface area (Å²) < 4.78 is 5.05. The van der Waals surface area contributed by atoms with Crippen molar-refractivity contribution in [3.8, 4) is 6.01 Å². The van der Waals surface area contributed by atoms with Gasteiger partial charge in [0, 0.05) is 12.3 Å². The van der Waals surface area contributed by atoms with Crippen LogP contribution in [0.2, 0.25) is 0 Å². The minimum Gasteiger partial charge on any atom is -0.463 e. The fourth-order valence-corrected chi connectivity index (χ4v) is 0.698. The number of nitrogens with zero attached hydrogens (tertiary/aromatic N) is 2. The summed E-state index contributed by atoms with van der Waals surface area (Å²) in [6, 6.07) is 3.02. The van der Waals surface area contributed by atoms with Crippen molar-refractivity contribution in [1.29, 1.82) is 0 Å². The molecule has 0 fully saturated rings. The first-order valence-electron chi connectivity index (χ1n) is 3.81. The summed E-state index contributed by atoms with van der Waals surface area (Å²) >= 11 is 0. The van der Waals surface area contributed by atoms with Gasteiger partial charge in [-0.05, 0) is 6.92 Å². The van der Waals surface area contributed by atoms with Crippen molar-refractivity contribution in [3.05, 3.63) is 18.0 Å². The molecule has 0 aliphatic heterocycles. The van der Waals surface area contributed by atoms with E-state index in [2.05, 4.69) is 16.0 Å². The van der Waals surface area contributed by atoms with Crippen LogP contribution in [0, 0.1) is 13.0 Å². The van der Waals surface area contributed by atoms with E-state index in [0.29, 0.717) is 5.69 Å². The molecule has 0 saturated carbocycles. The van der Waals surface area contributed by atoms with Crippen LogP contribution in [0.5, 0.6) is 6.01 Å². The van der Waals surface area contributed by atoms with Gasteiger partial charge in [0.2, 0.25) is 5.91 Å². The monoisotopic (exact) mass is 180 g/mol. The summed E-state index contributed by atoms with van der Waals surface area (Å²) in [4.78, 5) is 18.1. The van der Waals surface area contributed by atoms with Crippen LogP contribution in [0.3, 0.4) is 0 Å². The number of carbonyl (C=O) groups excluding carboxylic acids is 1. The predicted molar refractivity (Wildman–Crippen MR) is 44.9 cm³/mol. The quantitative estimate of drug-likeness (QED) is 0.698. The van der Waals surface area contributed by atoms with Crippen molar-refractivity contribution in [2.75, 3.05) is 6.61 Å². The molecule has 13 heavy (non-hydrogen) atoms. The molecule has 0 saturated heterocycles. The Balaban J connectivity index is 2.41. The number of rotatable bonds is 4. The van der Waals surface area contributed by atoms with Crippen molar-refractivity contribution in [3.63, 3.8) is 0 Å². The van der Waals surface area contributed by atoms with Gasteiger partial charge in [-0.1, -0.05) is 0 Å². The molecule has 2 N–H and O–H groups in total. The van der Waals surface area contributed by atoms with E-state index in [0.717, 1.165) is 0 Å². The average Bonchev–Trinajstić information content (AvgIpc) is 2.03. The third kappa shape index (κ3) is 3.50. The summed E-state index contributed by atoms with van der Waals surface area (Å²) in [7, 11) is 0. The van der Waals surface area contributed by atoms with Crippen LogP contribution in [0.25, 0.3) is 0 Å². The van der Waals surface area contributed by atoms with Crippen molar-refractivity contribution in [2.45, 2.75) is 13.3 Å². The Bertz CT molecular complexity index is 301. The van der Waals surface area contributed by atoms with Crippen LogP contribution in [-0.4, -0.2) is 22.5 Å². The minimum atomic E-state index is -0.404. The van der Waals surface area contributed by atoms with Gasteiger partial charge in [-0.3, -0.25) is 4.79 Å². The van der Waals surface area contributed by atoms with Gasteiger partial charge in [-0.15, -0.1) is 0 Å². The van der Waals surface area contributed by atoms with Crippen molar-refractivity contribution in [2.24, 2.45) is 5.73 Å². The lowest BCUT2D eigenvalue weighted by Crippen LogP contribution is -2.15. The highest BCUT2D eigenvalue weighted by Crippen LogP contribution is 2.00. The Morgan fingerprint density at radius 1 is 1.77 bits per heavy atom. The molecule has 1 aromatic heterocycles. The second kappa shape index (κ2) is 4.39. The van der Waals surface area contributed by atoms with E-state index in [9.17, 15) is 4.79 Å². The number of aromatic nitrogens is 2. The Labute approximate surface area is 75.9 Å². The normalized spacial score (nSPS) is 9.62. The number of primary amides is 1. The number of carbonyl (C=O) groups is 1. The number of aryl methyl sites for hydroxylation is 1. The topological polar surface area (TPSA) is 78.1 Å². The first-order chi connectivity index (χ1) is 6.18. The van der Waals surface area contributed by atoms with Gasteiger partial charge in [0.15, 0.2) is 0 Å². The van der Waals surface area contributed by atoms with Crippen molar-refractivity contribution in [1.82, 2.24) is 9.97 Å². The van der Waals surface area contributed by atoms with Gasteiger partial charge < -0.3 is 10.5 Å². The van der Waals surface area contributed by atoms with Gasteiger partial charge in [0.25, 0.3) is 0 Å². The van der Waals surface area contributed by atoms with E-state index in [1.807, 2.05) is 0 Å². The van der Waals surface area contributed by atoms with Crippen LogP contribution in [0.4, 0.5) is 0 Å². The van der Waals surface area contributed by atoms with E-state index >= 15 is 0 Å². The zero-order valence-corrected chi connectivity index (χ0v) is 7.28. The summed E-state index contributed by atoms with van der Waals surface area (Å²) in [5, 5.41) is 0. The molecule has 0 atom stereocenters. The van der Waals surface area contributed by atoms with E-state index in [-0.39, 0.29) is 19.0 Å². The van der Waals surface area contributed by atoms with E-state index < -0.39 is 5.91 Å². The minimum absolute atomic E-state index is 0.168. The number of ether oxygens (including phenoxy) is 1. The lowest BCUT2D eigenvalue weighted by molar-refractivity contribution is -0.118. The Morgan fingerprint density at radius 2 is 2.54 bits per heavy atom. The number of amides is 1. The zero-order valence-electron chi connectivity index (χ0n) is 7.28. The van der Waals surface area contributed by atoms with E-state index in [1.165, 1.54) is 6.20 Å². The number of hydrogen-bond acceptors (Lipinski definition) is 4. The molecule has 5 nitrogen and oxygen atoms in total. The van der Waals surface area contributed by atoms with Crippen molar-refractivity contribution >= 4 is 5.91 Å². The third-order valence-corrected chi connectivity index (χ3v) is 1.29. The summed E-state index contributed by atoms with van der Waals surface area (Å²) in [5.74, 6) is -0.404. The summed E-state index contributed by atoms with van der Waals surface area (Å²) in [6.07, 6.45) is 1.64. The van der Waals surface area contributed by atoms with Crippen LogP contribution in [0.1, 0.15) is 12.1 Å². The van der Waals surface area contributed by atoms with Gasteiger partial charge in [-0.2, -0.15) is 4.98 Å². The van der Waals surface area contributed by atoms with Crippen LogP contribution < -0.4 is 10.5 Å². The van der Waals surface area contributed by atoms with Gasteiger partial charge in [-0.25, -0.2) is 4.98 Å². The largest absolute Gasteiger partial charge is 0.463 e. The molecule has 5 heteroatoms. The molecule has 1 radical (unpaired) electrons. The number of nitrogens with two attached hydrogens (primary N) is 1. The highest BCUT2D eigenvalue weighted by Gasteiger charge is 1.99. The lowest BCUT2D eigenvalue weighted by Gasteiger charge is -2.01. The molecule has 69 valence electrons. The molecule has 0 unspecified atom stereocenters. The maximum atomic E-state index is 10.4. The Kier molecular flexibility index (Phi) is 3.19. The van der Waals surface area contributed by atoms with E-state index in [4.69, 9.17) is 10.5 Å². The molecule has 0 aromatic carbocycles. The van der Waals surface area contributed by atoms with Crippen LogP contribution in [-0.2, 0) is 4.79 Å². The van der Waals surface area contributed by atoms with Gasteiger partial charge in [0.05, 0.1) is 12.1 Å². The standard InChI is InChI=1S/C8H10N3O2/c1-6-2-4-10-8(11-6)13-5-3-7(9)12/h4H,3,5H2,1H3,(H2,9,12). The summed E-state index contributed by atoms with van der Waals surface area (Å²) in [5.41, 5.74) is 5.62. The highest BCUT2D eigenvalue weighted by atomic mass is 16.5. The van der Waals surface area contributed by atoms with Gasteiger partial charge in [0.1, 0.15) is 6.61 Å². The molecule has 1 amide bonds. The zero-order chi connectivity index (χ0) is 9.68. The fraction of sp³-hybridized carbons (Fsp3) is 0.375. The first-order valence-corrected chi connectivity index (χ1v) is 3.81. The molecule has 0 aliphatic carbocycles. The second-order valence-corrected chi connectivity index (χ2v) is 2.45. The maximum absolute atomic E-state index is 10.4. The average molecular weight is 180 g/mol. The van der Waals surface area contributed by atoms with Crippen LogP contribution >= 0.6 is 0 Å². The molecule has 0 spiro atoms. The third-order valence-electron chi connectivity index (χ3n) is 1.29. The molecule has 1 heterocycles. The SMILES string of the molecule is Cc1[c]cnc(OCCC(N)=O)n1. The lowest BCUT2D eigenvalue weighted by atomic mass is 10.4. The second-order valence-electron chi connectivity index (χ2n) is 2.45. The molecular weight excluding hydrogens is 170 g/mol. The smallest absolute Gasteiger partial charge is 0.316 e. The molecule has 0 aliphatic rings. The summed E-state index contributed by atoms with van der Waals surface area (Å²) in [6.45, 7) is 1.99. The Morgan fingerprint density at radius 3 is 3.15 bits per heavy atom. The predicted octanol–water partition coefficient (Wildman–Crippen LogP) is -0.161. The molecule has 1 rings (SSSR count). The van der Waals surface area contributed by atoms with Crippen LogP contribution in [0.15, 0.2) is 6.20 Å². The first kappa shape index (κ1) is 9.44. The van der Waals surface area contributed by atoms with Crippen molar-refractivity contribution < 1.29 is 9.53 Å². The fourth-order valence-electron chi connectivity index (χ4n) is 0.698. The highest BCUT2D eigenvalue weighted by molar-refractivity contribution is 5.73. The molecular formula is C8H10N3O2. The van der Waals surface area contributed by atoms with Gasteiger partial charge >= 0.3 is 6.01 Å². The number of hydrogen-bond donors (Lipinski definition) is 1. The molecule has 1 aromatic rings. The van der Waals surface area contributed by atoms with E-state index in [1.54, 1.807) is 6.92 Å². The molecule has 0 bridgehead atoms. The Hall–Kier alpha value is -1.65.